The van der Waals surface area contributed by atoms with Crippen LogP contribution in [0.4, 0.5) is 5.82 Å². The van der Waals surface area contributed by atoms with Crippen LogP contribution in [0.2, 0.25) is 5.02 Å². The Morgan fingerprint density at radius 1 is 1.26 bits per heavy atom. The number of piperazine rings is 1. The molecule has 2 saturated heterocycles. The van der Waals surface area contributed by atoms with Crippen LogP contribution in [0, 0.1) is 13.5 Å². The van der Waals surface area contributed by atoms with E-state index in [1.165, 1.54) is 12.3 Å². The molecule has 3 heterocycles. The van der Waals surface area contributed by atoms with Crippen molar-refractivity contribution in [3.8, 4) is 0 Å². The van der Waals surface area contributed by atoms with Crippen LogP contribution in [-0.4, -0.2) is 64.9 Å². The Morgan fingerprint density at radius 3 is 2.76 bits per heavy atom. The maximum Gasteiger partial charge on any atom is 0.270 e. The summed E-state index contributed by atoms with van der Waals surface area (Å²) in [5, 5.41) is 0.597. The van der Waals surface area contributed by atoms with Crippen molar-refractivity contribution in [3.63, 3.8) is 0 Å². The van der Waals surface area contributed by atoms with Gasteiger partial charge in [0.1, 0.15) is 12.3 Å². The predicted molar refractivity (Wildman–Crippen MR) is 130 cm³/mol. The second kappa shape index (κ2) is 10.6. The summed E-state index contributed by atoms with van der Waals surface area (Å²) in [6.07, 6.45) is 3.18. The number of pyridine rings is 1. The summed E-state index contributed by atoms with van der Waals surface area (Å²) < 4.78 is 5.59. The van der Waals surface area contributed by atoms with Gasteiger partial charge in [0.2, 0.25) is 0 Å². The molecule has 2 atom stereocenters. The van der Waals surface area contributed by atoms with E-state index in [1.807, 2.05) is 24.0 Å². The fourth-order valence-corrected chi connectivity index (χ4v) is 5.04. The van der Waals surface area contributed by atoms with E-state index in [4.69, 9.17) is 22.9 Å². The van der Waals surface area contributed by atoms with Crippen molar-refractivity contribution in [2.24, 2.45) is 0 Å². The highest BCUT2D eigenvalue weighted by Crippen LogP contribution is 2.26. The second-order valence-corrected chi connectivity index (χ2v) is 9.52. The molecule has 0 radical (unpaired) electrons. The first-order chi connectivity index (χ1) is 16.4. The van der Waals surface area contributed by atoms with Crippen LogP contribution in [0.1, 0.15) is 46.8 Å². The largest absolute Gasteiger partial charge is 0.368 e. The summed E-state index contributed by atoms with van der Waals surface area (Å²) in [5.41, 5.74) is 3.48. The Bertz CT molecular complexity index is 1120. The van der Waals surface area contributed by atoms with Gasteiger partial charge in [0.05, 0.1) is 0 Å². The number of carbonyl (C=O) groups excluding carboxylic acids is 2. The first kappa shape index (κ1) is 24.3. The van der Waals surface area contributed by atoms with E-state index >= 15 is 0 Å². The highest BCUT2D eigenvalue weighted by molar-refractivity contribution is 6.30. The smallest absolute Gasteiger partial charge is 0.270 e. The van der Waals surface area contributed by atoms with Gasteiger partial charge in [-0.1, -0.05) is 18.2 Å². The average molecular weight is 481 g/mol. The van der Waals surface area contributed by atoms with Gasteiger partial charge < -0.3 is 14.5 Å². The van der Waals surface area contributed by atoms with E-state index in [-0.39, 0.29) is 36.1 Å². The Balaban J connectivity index is 1.43. The molecule has 4 rings (SSSR count). The van der Waals surface area contributed by atoms with Crippen molar-refractivity contribution >= 4 is 29.1 Å². The normalized spacial score (nSPS) is 20.8. The van der Waals surface area contributed by atoms with Gasteiger partial charge in [0.15, 0.2) is 5.78 Å². The first-order valence-corrected chi connectivity index (χ1v) is 12.0. The van der Waals surface area contributed by atoms with Crippen molar-refractivity contribution in [3.05, 3.63) is 69.2 Å². The number of Topliss-reactive ketones (excluding diaryl/α,β-unsaturated/α-hetero) is 1. The zero-order valence-corrected chi connectivity index (χ0v) is 20.3. The van der Waals surface area contributed by atoms with Crippen molar-refractivity contribution in [2.45, 2.75) is 51.8 Å². The molecule has 2 aliphatic heterocycles. The van der Waals surface area contributed by atoms with Crippen molar-refractivity contribution in [1.29, 1.82) is 0 Å². The summed E-state index contributed by atoms with van der Waals surface area (Å²) >= 11 is 6.44. The van der Waals surface area contributed by atoms with Crippen molar-refractivity contribution in [1.82, 2.24) is 14.8 Å². The molecule has 0 N–H and O–H groups in total. The molecule has 8 heteroatoms. The topological polar surface area (TPSA) is 67.1 Å². The Labute approximate surface area is 205 Å². The van der Waals surface area contributed by atoms with Crippen LogP contribution in [0.15, 0.2) is 30.5 Å². The van der Waals surface area contributed by atoms with Crippen molar-refractivity contribution in [2.75, 3.05) is 26.2 Å². The van der Waals surface area contributed by atoms with Crippen molar-refractivity contribution < 1.29 is 14.3 Å². The van der Waals surface area contributed by atoms with Gasteiger partial charge in [-0.25, -0.2) is 0 Å². The third-order valence-corrected chi connectivity index (χ3v) is 6.93. The molecular formula is C26H29ClN4O3. The van der Waals surface area contributed by atoms with Crippen LogP contribution in [0.25, 0.3) is 4.85 Å². The number of ether oxygens (including phenoxy) is 1. The fourth-order valence-electron chi connectivity index (χ4n) is 4.78. The number of carbonyl (C=O) groups is 2. The first-order valence-electron chi connectivity index (χ1n) is 11.6. The van der Waals surface area contributed by atoms with Gasteiger partial charge in [-0.05, 0) is 67.6 Å². The number of hydrogen-bond donors (Lipinski definition) is 0. The molecule has 1 amide bonds. The highest BCUT2D eigenvalue weighted by atomic mass is 35.5. The van der Waals surface area contributed by atoms with Gasteiger partial charge in [-0.15, -0.1) is 4.98 Å². The van der Waals surface area contributed by atoms with Crippen LogP contribution >= 0.6 is 11.6 Å². The van der Waals surface area contributed by atoms with Gasteiger partial charge >= 0.3 is 0 Å². The van der Waals surface area contributed by atoms with Gasteiger partial charge in [0, 0.05) is 55.8 Å². The molecule has 2 aliphatic rings. The fraction of sp³-hybridized carbons (Fsp3) is 0.462. The number of rotatable bonds is 6. The predicted octanol–water partition coefficient (Wildman–Crippen LogP) is 4.23. The number of halogens is 1. The average Bonchev–Trinajstić information content (AvgIpc) is 3.37. The molecule has 1 aromatic heterocycles. The lowest BCUT2D eigenvalue weighted by molar-refractivity contribution is -0.145. The molecule has 34 heavy (non-hydrogen) atoms. The number of aromatic nitrogens is 1. The summed E-state index contributed by atoms with van der Waals surface area (Å²) in [7, 11) is 0. The third-order valence-electron chi connectivity index (χ3n) is 6.71. The molecule has 2 aromatic rings. The maximum absolute atomic E-state index is 12.9. The van der Waals surface area contributed by atoms with Gasteiger partial charge in [0.25, 0.3) is 11.7 Å². The molecule has 178 valence electrons. The summed E-state index contributed by atoms with van der Waals surface area (Å²) in [4.78, 5) is 37.2. The SMILES string of the molecule is [C-]#[N+]c1cc(C(=O)Cc2cc(Cl)cc(CN3CCN(C(=O)[C@H]4CCCO4)[C@@H](C)C3)c2C)ccn1. The second-order valence-electron chi connectivity index (χ2n) is 9.08. The number of benzene rings is 1. The monoisotopic (exact) mass is 480 g/mol. The lowest BCUT2D eigenvalue weighted by atomic mass is 9.95. The van der Waals surface area contributed by atoms with E-state index in [1.54, 1.807) is 6.07 Å². The lowest BCUT2D eigenvalue weighted by Crippen LogP contribution is -2.55. The Kier molecular flexibility index (Phi) is 7.62. The Hall–Kier alpha value is -2.79. The summed E-state index contributed by atoms with van der Waals surface area (Å²) in [6.45, 7) is 14.8. The highest BCUT2D eigenvalue weighted by Gasteiger charge is 2.34. The van der Waals surface area contributed by atoms with Crippen LogP contribution in [-0.2, 0) is 22.5 Å². The van der Waals surface area contributed by atoms with Gasteiger partial charge in [-0.3, -0.25) is 14.5 Å². The van der Waals surface area contributed by atoms with Crippen LogP contribution in [0.5, 0.6) is 0 Å². The molecule has 1 aromatic carbocycles. The summed E-state index contributed by atoms with van der Waals surface area (Å²) in [5.74, 6) is 0.251. The van der Waals surface area contributed by atoms with Crippen LogP contribution < -0.4 is 0 Å². The Morgan fingerprint density at radius 2 is 2.06 bits per heavy atom. The number of amides is 1. The zero-order chi connectivity index (χ0) is 24.2. The molecular weight excluding hydrogens is 452 g/mol. The number of hydrogen-bond acceptors (Lipinski definition) is 5. The zero-order valence-electron chi connectivity index (χ0n) is 19.6. The standard InChI is InChI=1S/C26H29ClN4O3/c1-17-15-30(8-9-31(17)26(33)24-5-4-10-34-24)16-21-12-22(27)11-20(18(21)2)13-23(32)19-6-7-29-25(14-19)28-3/h6-7,11-12,14,17,24H,4-5,8-10,13,15-16H2,1-2H3/t17-,24+/m0/s1. The lowest BCUT2D eigenvalue weighted by Gasteiger charge is -2.41. The minimum atomic E-state index is -0.282. The summed E-state index contributed by atoms with van der Waals surface area (Å²) in [6, 6.07) is 7.07. The van der Waals surface area contributed by atoms with Crippen LogP contribution in [0.3, 0.4) is 0 Å². The molecule has 0 aliphatic carbocycles. The molecule has 0 bridgehead atoms. The van der Waals surface area contributed by atoms with E-state index in [0.29, 0.717) is 30.3 Å². The number of nitrogens with zero attached hydrogens (tertiary/aromatic N) is 4. The molecule has 2 fully saturated rings. The molecule has 0 spiro atoms. The number of ketones is 1. The van der Waals surface area contributed by atoms with Gasteiger partial charge in [-0.2, -0.15) is 0 Å². The minimum absolute atomic E-state index is 0.0708. The molecule has 7 nitrogen and oxygen atoms in total. The maximum atomic E-state index is 12.9. The quantitative estimate of drug-likeness (QED) is 0.457. The van der Waals surface area contributed by atoms with E-state index in [0.717, 1.165) is 42.6 Å². The minimum Gasteiger partial charge on any atom is -0.368 e. The van der Waals surface area contributed by atoms with E-state index < -0.39 is 0 Å². The molecule has 0 saturated carbocycles. The molecule has 0 unspecified atom stereocenters. The van der Waals surface area contributed by atoms with E-state index in [2.05, 4.69) is 21.7 Å². The van der Waals surface area contributed by atoms with E-state index in [9.17, 15) is 9.59 Å². The third kappa shape index (κ3) is 5.47.